The van der Waals surface area contributed by atoms with Crippen LogP contribution in [-0.2, 0) is 64.4 Å². The van der Waals surface area contributed by atoms with E-state index in [1.165, 1.54) is 78.9 Å². The van der Waals surface area contributed by atoms with Crippen LogP contribution < -0.4 is 72.9 Å². The van der Waals surface area contributed by atoms with Crippen LogP contribution in [0, 0.1) is 42.4 Å². The van der Waals surface area contributed by atoms with E-state index in [2.05, 4.69) is 49.5 Å². The quantitative estimate of drug-likeness (QED) is 0.0386. The Kier molecular flexibility index (Phi) is 29.3. The molecular formula is C94H119ClN12O25S. The first-order chi connectivity index (χ1) is 63.3. The van der Waals surface area contributed by atoms with Crippen molar-refractivity contribution >= 4 is 68.9 Å². The van der Waals surface area contributed by atoms with Crippen molar-refractivity contribution in [2.75, 3.05) is 40.0 Å². The standard InChI is InChI=1S/C94H119ClN12O25S/c1-8-9-10-24-127-55-15-17-56(18-16-55)133(125,126)107-23-11-22-106(42-107)40-59-64(110)37-58-72(82(59)115)57-32-48(12-19-63(57)109)74-89(120)105-78(93(124)103-76(58)91(122)100-73-51-28-46-27-47(30-51)31-52(73)29-46)80(113)50-14-21-66(60(95)33-50)130-68-35-53-34-67(84(68)131-69-36-54(41-108)81(114)83(116)85(69)132-71-39-94(6,97)86(117)45(5)128-71)129-65-20-13-49(26-44(65)4)79(112)77(104-87(118)61(98-7)25-43(2)3)92(123)99-62(38-70(96)111)88(119)101-75(53)90(121)102-74/h12-21,26,32-35,37,43,45-47,51-52,54,61-62,69,71,73-81,83,85-86,98,108-110,112-117H,8-11,22-25,27-31,36,38-42,97H2,1-7H3,(H2,96,111)(H,99,123)(H,100,122)(H,101,119)(H,102,121)(H,103,124)(H,104,118)(H,105,120)/t45-,46?,47?,51?,52?,54+,61+,62-,69+,71-,73?,74+,75+,76-,77+,78-,79+,80+,81+,83-,85-,86+,94-/m0/s1. The number of fused-ring (bicyclic) bond motifs is 15. The Balaban J connectivity index is 0.908. The number of aliphatic hydroxyl groups is 6. The number of ether oxygens (including phenoxy) is 6. The summed E-state index contributed by atoms with van der Waals surface area (Å²) in [5.41, 5.74) is 8.95. The second-order valence-electron chi connectivity index (χ2n) is 37.7. The van der Waals surface area contributed by atoms with Crippen LogP contribution in [0.4, 0.5) is 0 Å². The van der Waals surface area contributed by atoms with E-state index < -0.39 is 243 Å². The lowest BCUT2D eigenvalue weighted by Gasteiger charge is -2.54. The molecule has 21 N–H and O–H groups in total. The van der Waals surface area contributed by atoms with Gasteiger partial charge in [-0.1, -0.05) is 63.4 Å². The molecule has 7 aliphatic heterocycles. The number of rotatable bonds is 23. The van der Waals surface area contributed by atoms with Gasteiger partial charge in [0, 0.05) is 61.3 Å². The first kappa shape index (κ1) is 97.0. The molecule has 39 heteroatoms. The number of carbonyl (C=O) groups excluding carboxylic acids is 8. The van der Waals surface area contributed by atoms with Crippen molar-refractivity contribution in [3.63, 3.8) is 0 Å². The van der Waals surface area contributed by atoms with E-state index >= 15 is 28.8 Å². The number of phenols is 3. The maximum Gasteiger partial charge on any atom is 0.248 e. The third-order valence-electron chi connectivity index (χ3n) is 27.5. The minimum absolute atomic E-state index is 0.00451. The normalized spacial score (nSPS) is 30.4. The van der Waals surface area contributed by atoms with Crippen LogP contribution in [-0.4, -0.2) is 230 Å². The van der Waals surface area contributed by atoms with E-state index in [4.69, 9.17) is 51.5 Å². The Hall–Kier alpha value is -10.6. The van der Waals surface area contributed by atoms with Crippen LogP contribution in [0.1, 0.15) is 187 Å². The fourth-order valence-corrected chi connectivity index (χ4v) is 22.3. The smallest absolute Gasteiger partial charge is 0.248 e. The summed E-state index contributed by atoms with van der Waals surface area (Å²) >= 11 is 7.37. The second-order valence-corrected chi connectivity index (χ2v) is 40.0. The summed E-state index contributed by atoms with van der Waals surface area (Å²) in [6, 6.07) is 6.20. The highest BCUT2D eigenvalue weighted by Gasteiger charge is 2.53. The number of halogens is 1. The van der Waals surface area contributed by atoms with Gasteiger partial charge in [0.05, 0.1) is 59.5 Å². The molecule has 15 bridgehead atoms. The molecular weight excluding hydrogens is 1760 g/mol. The van der Waals surface area contributed by atoms with E-state index in [9.17, 15) is 64.0 Å². The monoisotopic (exact) mass is 1880 g/mol. The van der Waals surface area contributed by atoms with Crippen LogP contribution in [0.5, 0.6) is 51.7 Å². The van der Waals surface area contributed by atoms with Gasteiger partial charge in [-0.2, -0.15) is 4.31 Å². The molecule has 8 amide bonds. The molecule has 18 atom stereocenters. The number of aliphatic hydroxyl groups excluding tert-OH is 6. The number of amides is 8. The molecule has 7 heterocycles. The van der Waals surface area contributed by atoms with Crippen molar-refractivity contribution in [3.05, 3.63) is 141 Å². The lowest BCUT2D eigenvalue weighted by atomic mass is 9.54. The molecule has 5 aliphatic carbocycles. The molecule has 0 aromatic heterocycles. The number of phenolic OH excluding ortho intramolecular Hbond substituents is 3. The number of nitrogens with two attached hydrogens (primary N) is 2. The van der Waals surface area contributed by atoms with Crippen LogP contribution >= 0.6 is 11.6 Å². The number of hydrogen-bond acceptors (Lipinski definition) is 28. The molecule has 0 unspecified atom stereocenters. The van der Waals surface area contributed by atoms with Gasteiger partial charge in [-0.15, -0.1) is 0 Å². The summed E-state index contributed by atoms with van der Waals surface area (Å²) < 4.78 is 69.9. The van der Waals surface area contributed by atoms with E-state index in [-0.39, 0.29) is 118 Å². The molecule has 12 aliphatic rings. The number of nitrogens with zero attached hydrogens (tertiary/aromatic N) is 2. The van der Waals surface area contributed by atoms with Crippen LogP contribution in [0.3, 0.4) is 0 Å². The molecule has 0 spiro atoms. The number of unbranched alkanes of at least 4 members (excludes halogenated alkanes) is 2. The molecule has 6 aromatic carbocycles. The Morgan fingerprint density at radius 3 is 2.02 bits per heavy atom. The number of nitrogens with one attached hydrogen (secondary N) is 8. The molecule has 2 saturated heterocycles. The molecule has 133 heavy (non-hydrogen) atoms. The summed E-state index contributed by atoms with van der Waals surface area (Å²) in [4.78, 5) is 126. The van der Waals surface area contributed by atoms with Crippen LogP contribution in [0.15, 0.2) is 102 Å². The van der Waals surface area contributed by atoms with E-state index in [0.29, 0.717) is 24.2 Å². The molecule has 37 nitrogen and oxygen atoms in total. The fraction of sp³-hybridized carbons (Fsp3) is 0.532. The molecule has 7 fully saturated rings. The van der Waals surface area contributed by atoms with Gasteiger partial charge in [-0.3, -0.25) is 43.3 Å². The number of carbonyl (C=O) groups is 8. The summed E-state index contributed by atoms with van der Waals surface area (Å²) in [5.74, 6) is -13.5. The van der Waals surface area contributed by atoms with Crippen molar-refractivity contribution in [2.45, 2.75) is 245 Å². The number of primary amides is 1. The molecule has 718 valence electrons. The number of hydrogen-bond donors (Lipinski definition) is 19. The third kappa shape index (κ3) is 20.7. The van der Waals surface area contributed by atoms with Gasteiger partial charge < -0.3 is 128 Å². The molecule has 6 aromatic rings. The average Bonchev–Trinajstić information content (AvgIpc) is 0.748. The van der Waals surface area contributed by atoms with Gasteiger partial charge >= 0.3 is 0 Å². The molecule has 0 radical (unpaired) electrons. The number of benzene rings is 6. The fourth-order valence-electron chi connectivity index (χ4n) is 20.6. The topological polar surface area (TPSA) is 563 Å². The Morgan fingerprint density at radius 1 is 0.714 bits per heavy atom. The van der Waals surface area contributed by atoms with E-state index in [1.54, 1.807) is 30.9 Å². The SMILES string of the molecule is CCCCCOc1ccc(S(=O)(=O)N2CCCN(Cc3c(O)cc4c(c3O)-c3cc(ccc3O)[C@H]3NC(=O)[C@@H]5NC(=O)[C@H](CC(N)=O)NC(=O)[C@H](NC(=O)[C@@H](CC(C)C)NC)[C@H](O)c6ccc(c(C)c6)Oc6cc5cc(c6O[C@@H]5C[C@H](CO)[C@@H](O)[C@H](O)[C@H]5O[C@H]5C[C@](C)(N)[C@H](O)[C@H](C)O5)Oc5ccc(cc5Cl)[C@@H](O)[C@H](NC3=O)C(=O)N[C@@H]4C(=O)NC3C4CC5CC(C4)CC3C5)C2)cc1. The van der Waals surface area contributed by atoms with Gasteiger partial charge in [0.1, 0.15) is 101 Å². The van der Waals surface area contributed by atoms with Gasteiger partial charge in [-0.25, -0.2) is 8.42 Å². The minimum Gasteiger partial charge on any atom is -0.507 e. The van der Waals surface area contributed by atoms with Crippen molar-refractivity contribution in [1.29, 1.82) is 0 Å². The second kappa shape index (κ2) is 40.2. The van der Waals surface area contributed by atoms with E-state index in [0.717, 1.165) is 75.6 Å². The molecule has 18 rings (SSSR count). The molecule has 5 saturated carbocycles. The summed E-state index contributed by atoms with van der Waals surface area (Å²) in [5, 5.41) is 132. The summed E-state index contributed by atoms with van der Waals surface area (Å²) in [6.07, 6.45) is -8.64. The minimum atomic E-state index is -4.23. The van der Waals surface area contributed by atoms with Gasteiger partial charge in [0.2, 0.25) is 63.0 Å². The Bertz CT molecular complexity index is 5490. The Morgan fingerprint density at radius 2 is 1.37 bits per heavy atom. The summed E-state index contributed by atoms with van der Waals surface area (Å²) in [6.45, 7) is 9.64. The zero-order valence-electron chi connectivity index (χ0n) is 74.8. The maximum absolute atomic E-state index is 16.8. The van der Waals surface area contributed by atoms with Crippen LogP contribution in [0.2, 0.25) is 5.02 Å². The lowest BCUT2D eigenvalue weighted by Crippen LogP contribution is -2.63. The number of sulfonamides is 1. The largest absolute Gasteiger partial charge is 0.507 e. The average molecular weight is 1880 g/mol. The third-order valence-corrected chi connectivity index (χ3v) is 29.6. The number of likely N-dealkylation sites (N-methyl/N-ethyl adjacent to an activating group) is 1. The van der Waals surface area contributed by atoms with Gasteiger partial charge in [0.25, 0.3) is 0 Å². The zero-order valence-corrected chi connectivity index (χ0v) is 76.4. The number of aromatic hydroxyl groups is 3. The highest BCUT2D eigenvalue weighted by Crippen LogP contribution is 2.56. The summed E-state index contributed by atoms with van der Waals surface area (Å²) in [7, 11) is -2.72. The van der Waals surface area contributed by atoms with Crippen molar-refractivity contribution in [3.8, 4) is 62.9 Å². The lowest BCUT2D eigenvalue weighted by molar-refractivity contribution is -0.286. The Labute approximate surface area is 774 Å². The highest BCUT2D eigenvalue weighted by atomic mass is 35.5. The van der Waals surface area contributed by atoms with Crippen LogP contribution in [0.25, 0.3) is 11.1 Å². The van der Waals surface area contributed by atoms with Crippen molar-refractivity contribution in [1.82, 2.24) is 51.7 Å². The first-order valence-corrected chi connectivity index (χ1v) is 47.3. The maximum atomic E-state index is 16.8. The van der Waals surface area contributed by atoms with Crippen molar-refractivity contribution < 1.29 is 121 Å². The van der Waals surface area contributed by atoms with Gasteiger partial charge in [-0.05, 0) is 227 Å². The van der Waals surface area contributed by atoms with Gasteiger partial charge in [0.15, 0.2) is 17.8 Å². The highest BCUT2D eigenvalue weighted by molar-refractivity contribution is 7.89. The predicted octanol–water partition coefficient (Wildman–Crippen LogP) is 4.70. The zero-order chi connectivity index (χ0) is 95.2. The number of aryl methyl sites for hydroxylation is 1. The van der Waals surface area contributed by atoms with Crippen molar-refractivity contribution in [2.24, 2.45) is 47.0 Å². The first-order valence-electron chi connectivity index (χ1n) is 45.4. The van der Waals surface area contributed by atoms with E-state index in [1.807, 2.05) is 13.8 Å². The predicted molar refractivity (Wildman–Crippen MR) is 479 cm³/mol.